The van der Waals surface area contributed by atoms with Gasteiger partial charge in [0.1, 0.15) is 0 Å². The number of benzene rings is 1. The lowest BCUT2D eigenvalue weighted by Crippen LogP contribution is -2.32. The minimum absolute atomic E-state index is 0.0418. The maximum Gasteiger partial charge on any atom is 0.292 e. The summed E-state index contributed by atoms with van der Waals surface area (Å²) in [6.07, 6.45) is 3.72. The number of hydrogen-bond acceptors (Lipinski definition) is 4. The van der Waals surface area contributed by atoms with Gasteiger partial charge in [0, 0.05) is 25.0 Å². The number of amides is 2. The van der Waals surface area contributed by atoms with Gasteiger partial charge in [0.05, 0.1) is 11.6 Å². The summed E-state index contributed by atoms with van der Waals surface area (Å²) in [7, 11) is 0. The molecule has 1 atom stereocenters. The van der Waals surface area contributed by atoms with Crippen molar-refractivity contribution >= 4 is 23.0 Å². The van der Waals surface area contributed by atoms with Crippen molar-refractivity contribution in [3.63, 3.8) is 0 Å². The number of carbonyl (C=O) groups excluding carboxylic acids is 2. The maximum absolute atomic E-state index is 12.9. The second-order valence-corrected chi connectivity index (χ2v) is 7.36. The Morgan fingerprint density at radius 1 is 1.21 bits per heavy atom. The summed E-state index contributed by atoms with van der Waals surface area (Å²) in [6, 6.07) is 11.2. The monoisotopic (exact) mass is 392 g/mol. The van der Waals surface area contributed by atoms with Crippen molar-refractivity contribution in [3.8, 4) is 0 Å². The Balaban J connectivity index is 1.59. The van der Waals surface area contributed by atoms with Crippen molar-refractivity contribution < 1.29 is 14.3 Å². The third kappa shape index (κ3) is 4.00. The van der Waals surface area contributed by atoms with E-state index in [1.54, 1.807) is 22.7 Å². The highest BCUT2D eigenvalue weighted by atomic mass is 16.5. The molecule has 0 bridgehead atoms. The number of carbonyl (C=O) groups is 2. The Hall–Kier alpha value is -3.19. The van der Waals surface area contributed by atoms with Crippen LogP contribution in [0, 0.1) is 13.8 Å². The van der Waals surface area contributed by atoms with Crippen molar-refractivity contribution in [1.82, 2.24) is 14.7 Å². The maximum atomic E-state index is 12.9. The van der Waals surface area contributed by atoms with Crippen LogP contribution in [-0.4, -0.2) is 40.5 Å². The van der Waals surface area contributed by atoms with Crippen LogP contribution in [0.1, 0.15) is 45.1 Å². The molecule has 29 heavy (non-hydrogen) atoms. The highest BCUT2D eigenvalue weighted by molar-refractivity contribution is 6.06. The molecule has 150 valence electrons. The summed E-state index contributed by atoms with van der Waals surface area (Å²) < 4.78 is 7.19. The highest BCUT2D eigenvalue weighted by Crippen LogP contribution is 2.19. The van der Waals surface area contributed by atoms with E-state index >= 15 is 0 Å². The van der Waals surface area contributed by atoms with Gasteiger partial charge in [-0.05, 0) is 50.5 Å². The molecule has 1 unspecified atom stereocenters. The van der Waals surface area contributed by atoms with Crippen LogP contribution in [0.15, 0.2) is 42.6 Å². The zero-order valence-electron chi connectivity index (χ0n) is 16.6. The number of ether oxygens (including phenoxy) is 1. The molecule has 1 aliphatic rings. The molecule has 2 N–H and O–H groups in total. The number of aromatic nitrogens is 2. The average Bonchev–Trinajstić information content (AvgIpc) is 3.36. The molecule has 0 radical (unpaired) electrons. The number of nitrogens with one attached hydrogen (secondary N) is 2. The number of anilines is 1. The first-order valence-corrected chi connectivity index (χ1v) is 9.78. The van der Waals surface area contributed by atoms with Gasteiger partial charge >= 0.3 is 0 Å². The fourth-order valence-electron chi connectivity index (χ4n) is 3.59. The fraction of sp³-hybridized carbons (Fsp3) is 0.318. The van der Waals surface area contributed by atoms with Crippen LogP contribution in [0.4, 0.5) is 5.69 Å². The van der Waals surface area contributed by atoms with E-state index < -0.39 is 0 Å². The lowest BCUT2D eigenvalue weighted by atomic mass is 10.1. The summed E-state index contributed by atoms with van der Waals surface area (Å²) in [5.74, 6) is -0.506. The van der Waals surface area contributed by atoms with Gasteiger partial charge in [-0.3, -0.25) is 14.0 Å². The molecule has 3 aromatic rings. The summed E-state index contributed by atoms with van der Waals surface area (Å²) in [5.41, 5.74) is 3.63. The van der Waals surface area contributed by atoms with Crippen LogP contribution in [0.3, 0.4) is 0 Å². The van der Waals surface area contributed by atoms with E-state index in [9.17, 15) is 9.59 Å². The van der Waals surface area contributed by atoms with Gasteiger partial charge in [-0.15, -0.1) is 0 Å². The van der Waals surface area contributed by atoms with E-state index in [0.29, 0.717) is 12.1 Å². The molecule has 0 saturated carbocycles. The van der Waals surface area contributed by atoms with Crippen molar-refractivity contribution in [2.24, 2.45) is 0 Å². The molecular weight excluding hydrogens is 368 g/mol. The van der Waals surface area contributed by atoms with E-state index in [1.807, 2.05) is 38.1 Å². The molecular formula is C22H24N4O3. The van der Waals surface area contributed by atoms with Crippen molar-refractivity contribution in [3.05, 3.63) is 65.2 Å². The van der Waals surface area contributed by atoms with E-state index in [0.717, 1.165) is 36.3 Å². The number of pyridine rings is 1. The van der Waals surface area contributed by atoms with Gasteiger partial charge in [0.15, 0.2) is 5.69 Å². The van der Waals surface area contributed by atoms with E-state index in [1.165, 1.54) is 0 Å². The number of nitrogens with zero attached hydrogens (tertiary/aromatic N) is 2. The minimum Gasteiger partial charge on any atom is -0.376 e. The molecule has 2 aromatic heterocycles. The molecule has 7 nitrogen and oxygen atoms in total. The van der Waals surface area contributed by atoms with Crippen molar-refractivity contribution in [1.29, 1.82) is 0 Å². The second-order valence-electron chi connectivity index (χ2n) is 7.36. The molecule has 1 aliphatic heterocycles. The predicted molar refractivity (Wildman–Crippen MR) is 110 cm³/mol. The molecule has 1 fully saturated rings. The first-order valence-electron chi connectivity index (χ1n) is 9.78. The number of rotatable bonds is 5. The van der Waals surface area contributed by atoms with Crippen LogP contribution in [0.5, 0.6) is 0 Å². The Morgan fingerprint density at radius 2 is 2.07 bits per heavy atom. The molecule has 0 spiro atoms. The smallest absolute Gasteiger partial charge is 0.292 e. The topological polar surface area (TPSA) is 84.7 Å². The predicted octanol–water partition coefficient (Wildman–Crippen LogP) is 3.11. The third-order valence-electron chi connectivity index (χ3n) is 5.11. The van der Waals surface area contributed by atoms with Gasteiger partial charge < -0.3 is 15.4 Å². The number of aryl methyl sites for hydroxylation is 2. The normalized spacial score (nSPS) is 16.1. The molecule has 4 rings (SSSR count). The summed E-state index contributed by atoms with van der Waals surface area (Å²) in [6.45, 7) is 5.12. The highest BCUT2D eigenvalue weighted by Gasteiger charge is 2.23. The van der Waals surface area contributed by atoms with E-state index in [2.05, 4.69) is 15.6 Å². The lowest BCUT2D eigenvalue weighted by Gasteiger charge is -2.09. The van der Waals surface area contributed by atoms with Crippen LogP contribution < -0.4 is 10.6 Å². The van der Waals surface area contributed by atoms with Crippen LogP contribution >= 0.6 is 0 Å². The second kappa shape index (κ2) is 8.05. The first kappa shape index (κ1) is 19.1. The SMILES string of the molecule is Cc1ccc(NC(=O)c2nc(C(=O)NCC3CCCO3)c3ccccn23)c(C)c1. The lowest BCUT2D eigenvalue weighted by molar-refractivity contribution is 0.0855. The quantitative estimate of drug-likeness (QED) is 0.699. The Bertz CT molecular complexity index is 1070. The number of fused-ring (bicyclic) bond motifs is 1. The van der Waals surface area contributed by atoms with Crippen LogP contribution in [0.2, 0.25) is 0 Å². The number of hydrogen-bond donors (Lipinski definition) is 2. The summed E-state index contributed by atoms with van der Waals surface area (Å²) in [4.78, 5) is 30.0. The van der Waals surface area contributed by atoms with Gasteiger partial charge in [-0.2, -0.15) is 0 Å². The van der Waals surface area contributed by atoms with Crippen LogP contribution in [0.25, 0.3) is 5.52 Å². The van der Waals surface area contributed by atoms with Crippen molar-refractivity contribution in [2.75, 3.05) is 18.5 Å². The average molecular weight is 392 g/mol. The van der Waals surface area contributed by atoms with Gasteiger partial charge in [-0.1, -0.05) is 23.8 Å². The minimum atomic E-state index is -0.365. The van der Waals surface area contributed by atoms with Gasteiger partial charge in [0.25, 0.3) is 11.8 Å². The van der Waals surface area contributed by atoms with E-state index in [4.69, 9.17) is 4.74 Å². The molecule has 7 heteroatoms. The van der Waals surface area contributed by atoms with Gasteiger partial charge in [0.2, 0.25) is 5.82 Å². The molecule has 1 saturated heterocycles. The zero-order chi connectivity index (χ0) is 20.4. The van der Waals surface area contributed by atoms with Crippen molar-refractivity contribution in [2.45, 2.75) is 32.8 Å². The summed E-state index contributed by atoms with van der Waals surface area (Å²) in [5, 5.41) is 5.78. The fourth-order valence-corrected chi connectivity index (χ4v) is 3.59. The Labute approximate surface area is 169 Å². The van der Waals surface area contributed by atoms with Crippen LogP contribution in [-0.2, 0) is 4.74 Å². The Morgan fingerprint density at radius 3 is 2.83 bits per heavy atom. The molecule has 3 heterocycles. The Kier molecular flexibility index (Phi) is 5.31. The standard InChI is InChI=1S/C22H24N4O3/c1-14-8-9-17(15(2)12-14)24-22(28)20-25-19(18-7-3-4-10-26(18)20)21(27)23-13-16-6-5-11-29-16/h3-4,7-10,12,16H,5-6,11,13H2,1-2H3,(H,23,27)(H,24,28). The largest absolute Gasteiger partial charge is 0.376 e. The summed E-state index contributed by atoms with van der Waals surface area (Å²) >= 11 is 0. The number of imidazole rings is 1. The zero-order valence-corrected chi connectivity index (χ0v) is 16.6. The molecule has 0 aliphatic carbocycles. The first-order chi connectivity index (χ1) is 14.0. The molecule has 2 amide bonds. The third-order valence-corrected chi connectivity index (χ3v) is 5.11. The van der Waals surface area contributed by atoms with E-state index in [-0.39, 0.29) is 29.4 Å². The van der Waals surface area contributed by atoms with Gasteiger partial charge in [-0.25, -0.2) is 4.98 Å². The molecule has 1 aromatic carbocycles.